The molecule has 6 nitrogen and oxygen atoms in total. The predicted molar refractivity (Wildman–Crippen MR) is 61.9 cm³/mol. The summed E-state index contributed by atoms with van der Waals surface area (Å²) >= 11 is 0. The summed E-state index contributed by atoms with van der Waals surface area (Å²) in [6.45, 7) is 2.63. The zero-order chi connectivity index (χ0) is 11.6. The summed E-state index contributed by atoms with van der Waals surface area (Å²) in [7, 11) is 0. The van der Waals surface area contributed by atoms with E-state index in [1.54, 1.807) is 15.7 Å². The molecule has 3 heterocycles. The third-order valence-corrected chi connectivity index (χ3v) is 3.68. The molecule has 2 aliphatic rings. The SMILES string of the molecule is Cc1cnn2cc3c(nc12)N(N)C1(CC1)CO3. The fourth-order valence-electron chi connectivity index (χ4n) is 2.31. The molecule has 1 aliphatic heterocycles. The molecule has 2 aromatic heterocycles. The number of ether oxygens (including phenoxy) is 1. The van der Waals surface area contributed by atoms with Gasteiger partial charge in [-0.25, -0.2) is 15.3 Å². The van der Waals surface area contributed by atoms with Gasteiger partial charge in [-0.2, -0.15) is 5.10 Å². The second kappa shape index (κ2) is 2.70. The van der Waals surface area contributed by atoms with Gasteiger partial charge in [0, 0.05) is 5.56 Å². The Morgan fingerprint density at radius 3 is 3.06 bits per heavy atom. The highest BCUT2D eigenvalue weighted by molar-refractivity contribution is 5.62. The number of aryl methyl sites for hydroxylation is 1. The molecule has 4 rings (SSSR count). The van der Waals surface area contributed by atoms with Gasteiger partial charge in [0.15, 0.2) is 17.2 Å². The Balaban J connectivity index is 1.96. The Bertz CT molecular complexity index is 616. The van der Waals surface area contributed by atoms with E-state index in [4.69, 9.17) is 10.6 Å². The van der Waals surface area contributed by atoms with Crippen molar-refractivity contribution in [3.8, 4) is 5.75 Å². The number of nitrogens with two attached hydrogens (primary N) is 1. The summed E-state index contributed by atoms with van der Waals surface area (Å²) < 4.78 is 7.47. The maximum absolute atomic E-state index is 6.16. The Morgan fingerprint density at radius 2 is 2.29 bits per heavy atom. The molecule has 0 saturated heterocycles. The van der Waals surface area contributed by atoms with E-state index >= 15 is 0 Å². The Morgan fingerprint density at radius 1 is 1.47 bits per heavy atom. The molecule has 1 fully saturated rings. The summed E-state index contributed by atoms with van der Waals surface area (Å²) in [4.78, 5) is 4.57. The maximum atomic E-state index is 6.16. The Kier molecular flexibility index (Phi) is 1.47. The minimum atomic E-state index is -0.00767. The zero-order valence-corrected chi connectivity index (χ0v) is 9.55. The number of rotatable bonds is 0. The first-order chi connectivity index (χ1) is 8.20. The molecule has 0 radical (unpaired) electrons. The van der Waals surface area contributed by atoms with Crippen molar-refractivity contribution >= 4 is 11.5 Å². The molecule has 1 saturated carbocycles. The second-order valence-electron chi connectivity index (χ2n) is 4.91. The highest BCUT2D eigenvalue weighted by Crippen LogP contribution is 2.47. The van der Waals surface area contributed by atoms with E-state index in [0.717, 1.165) is 29.9 Å². The molecular formula is C11H13N5O. The van der Waals surface area contributed by atoms with Crippen LogP contribution in [0.4, 0.5) is 5.82 Å². The molecule has 2 aromatic rings. The molecule has 1 aliphatic carbocycles. The highest BCUT2D eigenvalue weighted by Gasteiger charge is 2.52. The third kappa shape index (κ3) is 1.08. The summed E-state index contributed by atoms with van der Waals surface area (Å²) in [5.74, 6) is 7.59. The summed E-state index contributed by atoms with van der Waals surface area (Å²) in [6.07, 6.45) is 5.80. The summed E-state index contributed by atoms with van der Waals surface area (Å²) in [6, 6.07) is 0. The van der Waals surface area contributed by atoms with E-state index in [1.807, 2.05) is 13.1 Å². The lowest BCUT2D eigenvalue weighted by molar-refractivity contribution is 0.247. The molecular weight excluding hydrogens is 218 g/mol. The van der Waals surface area contributed by atoms with Gasteiger partial charge >= 0.3 is 0 Å². The van der Waals surface area contributed by atoms with E-state index < -0.39 is 0 Å². The highest BCUT2D eigenvalue weighted by atomic mass is 16.5. The minimum Gasteiger partial charge on any atom is -0.486 e. The number of aromatic nitrogens is 3. The van der Waals surface area contributed by atoms with Gasteiger partial charge in [-0.1, -0.05) is 0 Å². The average Bonchev–Trinajstić information content (AvgIpc) is 3.04. The van der Waals surface area contributed by atoms with Crippen molar-refractivity contribution in [2.45, 2.75) is 25.3 Å². The topological polar surface area (TPSA) is 68.7 Å². The number of hydrogen-bond acceptors (Lipinski definition) is 5. The summed E-state index contributed by atoms with van der Waals surface area (Å²) in [5.41, 5.74) is 1.86. The number of nitrogens with zero attached hydrogens (tertiary/aromatic N) is 4. The monoisotopic (exact) mass is 231 g/mol. The van der Waals surface area contributed by atoms with Crippen LogP contribution >= 0.6 is 0 Å². The third-order valence-electron chi connectivity index (χ3n) is 3.68. The van der Waals surface area contributed by atoms with Crippen LogP contribution in [-0.2, 0) is 0 Å². The first-order valence-electron chi connectivity index (χ1n) is 5.72. The van der Waals surface area contributed by atoms with Crippen LogP contribution in [0.1, 0.15) is 18.4 Å². The molecule has 0 bridgehead atoms. The van der Waals surface area contributed by atoms with E-state index in [0.29, 0.717) is 12.4 Å². The quantitative estimate of drug-likeness (QED) is 0.674. The van der Waals surface area contributed by atoms with E-state index in [9.17, 15) is 0 Å². The van der Waals surface area contributed by atoms with Crippen molar-refractivity contribution in [3.63, 3.8) is 0 Å². The van der Waals surface area contributed by atoms with Crippen molar-refractivity contribution in [1.82, 2.24) is 14.6 Å². The standard InChI is InChI=1S/C11H13N5O/c1-7-4-13-15-5-8-10(14-9(7)15)16(12)11(2-3-11)6-17-8/h4-5H,2-3,6,12H2,1H3. The number of fused-ring (bicyclic) bond motifs is 2. The first-order valence-corrected chi connectivity index (χ1v) is 5.72. The number of hydrogen-bond donors (Lipinski definition) is 1. The maximum Gasteiger partial charge on any atom is 0.190 e. The van der Waals surface area contributed by atoms with Crippen LogP contribution in [0.5, 0.6) is 5.75 Å². The van der Waals surface area contributed by atoms with E-state index in [1.165, 1.54) is 0 Å². The first kappa shape index (κ1) is 9.23. The fourth-order valence-corrected chi connectivity index (χ4v) is 2.31. The van der Waals surface area contributed by atoms with Gasteiger partial charge in [0.1, 0.15) is 6.61 Å². The lowest BCUT2D eigenvalue weighted by Gasteiger charge is -2.34. The molecule has 0 atom stereocenters. The van der Waals surface area contributed by atoms with Crippen LogP contribution in [0, 0.1) is 6.92 Å². The lowest BCUT2D eigenvalue weighted by Crippen LogP contribution is -2.50. The molecule has 0 unspecified atom stereocenters. The molecule has 0 aromatic carbocycles. The smallest absolute Gasteiger partial charge is 0.190 e. The molecule has 1 spiro atoms. The van der Waals surface area contributed by atoms with Crippen molar-refractivity contribution in [2.75, 3.05) is 11.6 Å². The molecule has 17 heavy (non-hydrogen) atoms. The van der Waals surface area contributed by atoms with Gasteiger partial charge in [0.05, 0.1) is 17.9 Å². The fraction of sp³-hybridized carbons (Fsp3) is 0.455. The molecule has 6 heteroatoms. The summed E-state index contributed by atoms with van der Waals surface area (Å²) in [5, 5.41) is 5.99. The van der Waals surface area contributed by atoms with Gasteiger partial charge < -0.3 is 4.74 Å². The van der Waals surface area contributed by atoms with E-state index in [2.05, 4.69) is 10.1 Å². The van der Waals surface area contributed by atoms with Gasteiger partial charge in [-0.3, -0.25) is 5.01 Å². The molecule has 2 N–H and O–H groups in total. The Hall–Kier alpha value is -1.82. The van der Waals surface area contributed by atoms with Gasteiger partial charge in [-0.15, -0.1) is 0 Å². The molecule has 88 valence electrons. The van der Waals surface area contributed by atoms with Crippen molar-refractivity contribution in [2.24, 2.45) is 5.84 Å². The number of hydrazine groups is 1. The van der Waals surface area contributed by atoms with Crippen LogP contribution in [0.3, 0.4) is 0 Å². The average molecular weight is 231 g/mol. The van der Waals surface area contributed by atoms with Crippen molar-refractivity contribution in [1.29, 1.82) is 0 Å². The van der Waals surface area contributed by atoms with Crippen LogP contribution in [0.2, 0.25) is 0 Å². The zero-order valence-electron chi connectivity index (χ0n) is 9.55. The lowest BCUT2D eigenvalue weighted by atomic mass is 10.2. The Labute approximate surface area is 98.0 Å². The predicted octanol–water partition coefficient (Wildman–Crippen LogP) is 0.643. The van der Waals surface area contributed by atoms with E-state index in [-0.39, 0.29) is 5.54 Å². The largest absolute Gasteiger partial charge is 0.486 e. The normalized spacial score (nSPS) is 20.5. The minimum absolute atomic E-state index is 0.00767. The van der Waals surface area contributed by atoms with Crippen molar-refractivity contribution < 1.29 is 4.74 Å². The van der Waals surface area contributed by atoms with Gasteiger partial charge in [-0.05, 0) is 19.8 Å². The van der Waals surface area contributed by atoms with Crippen LogP contribution in [0.15, 0.2) is 12.4 Å². The molecule has 0 amide bonds. The number of anilines is 1. The van der Waals surface area contributed by atoms with Crippen molar-refractivity contribution in [3.05, 3.63) is 18.0 Å². The van der Waals surface area contributed by atoms with Crippen LogP contribution in [-0.4, -0.2) is 26.7 Å². The second-order valence-corrected chi connectivity index (χ2v) is 4.91. The van der Waals surface area contributed by atoms with Crippen LogP contribution < -0.4 is 15.6 Å². The van der Waals surface area contributed by atoms with Gasteiger partial charge in [0.2, 0.25) is 0 Å². The van der Waals surface area contributed by atoms with Crippen LogP contribution in [0.25, 0.3) is 5.65 Å². The van der Waals surface area contributed by atoms with Gasteiger partial charge in [0.25, 0.3) is 0 Å².